The van der Waals surface area contributed by atoms with Gasteiger partial charge in [0.1, 0.15) is 6.04 Å². The zero-order valence-corrected chi connectivity index (χ0v) is 10.4. The molecule has 0 aliphatic carbocycles. The van der Waals surface area contributed by atoms with Crippen LogP contribution >= 0.6 is 0 Å². The Morgan fingerprint density at radius 1 is 1.59 bits per heavy atom. The van der Waals surface area contributed by atoms with Crippen LogP contribution in [-0.2, 0) is 14.4 Å². The van der Waals surface area contributed by atoms with Crippen molar-refractivity contribution in [2.24, 2.45) is 11.1 Å². The molecular formula is C11H19N3O3. The molecule has 1 rings (SSSR count). The molecule has 0 aromatic heterocycles. The number of nitrogens with two attached hydrogens (primary N) is 1. The molecule has 0 bridgehead atoms. The van der Waals surface area contributed by atoms with E-state index in [-0.39, 0.29) is 30.7 Å². The van der Waals surface area contributed by atoms with E-state index in [2.05, 4.69) is 5.32 Å². The first-order valence-corrected chi connectivity index (χ1v) is 5.67. The first-order valence-electron chi connectivity index (χ1n) is 5.67. The van der Waals surface area contributed by atoms with Crippen LogP contribution in [-0.4, -0.2) is 42.3 Å². The zero-order valence-electron chi connectivity index (χ0n) is 10.4. The van der Waals surface area contributed by atoms with Gasteiger partial charge in [0, 0.05) is 13.6 Å². The standard InChI is InChI=1S/C11H19N3O3/c1-4-11(2,6-12)10(17)13-7-5-8(15)14(3)9(7)16/h7H,4-6,12H2,1-3H3,(H,13,17). The molecule has 1 aliphatic rings. The van der Waals surface area contributed by atoms with Crippen molar-refractivity contribution in [3.05, 3.63) is 0 Å². The van der Waals surface area contributed by atoms with Gasteiger partial charge in [-0.3, -0.25) is 19.3 Å². The molecule has 1 heterocycles. The SMILES string of the molecule is CCC(C)(CN)C(=O)NC1CC(=O)N(C)C1=O. The van der Waals surface area contributed by atoms with E-state index >= 15 is 0 Å². The monoisotopic (exact) mass is 241 g/mol. The molecule has 0 aromatic rings. The minimum Gasteiger partial charge on any atom is -0.343 e. The molecule has 2 unspecified atom stereocenters. The van der Waals surface area contributed by atoms with Gasteiger partial charge in [-0.2, -0.15) is 0 Å². The van der Waals surface area contributed by atoms with E-state index in [1.54, 1.807) is 6.92 Å². The Morgan fingerprint density at radius 3 is 2.53 bits per heavy atom. The number of carbonyl (C=O) groups excluding carboxylic acids is 3. The van der Waals surface area contributed by atoms with Gasteiger partial charge in [-0.1, -0.05) is 6.92 Å². The summed E-state index contributed by atoms with van der Waals surface area (Å²) in [4.78, 5) is 35.9. The number of imide groups is 1. The highest BCUT2D eigenvalue weighted by atomic mass is 16.2. The second-order valence-corrected chi connectivity index (χ2v) is 4.64. The lowest BCUT2D eigenvalue weighted by Gasteiger charge is -2.26. The van der Waals surface area contributed by atoms with Gasteiger partial charge in [0.05, 0.1) is 11.8 Å². The van der Waals surface area contributed by atoms with Gasteiger partial charge in [-0.15, -0.1) is 0 Å². The van der Waals surface area contributed by atoms with Crippen molar-refractivity contribution >= 4 is 17.7 Å². The molecule has 6 nitrogen and oxygen atoms in total. The Kier molecular flexibility index (Phi) is 3.87. The fraction of sp³-hybridized carbons (Fsp3) is 0.727. The summed E-state index contributed by atoms with van der Waals surface area (Å²) in [5.74, 6) is -0.908. The van der Waals surface area contributed by atoms with Gasteiger partial charge in [0.2, 0.25) is 11.8 Å². The van der Waals surface area contributed by atoms with Crippen LogP contribution in [0.4, 0.5) is 0 Å². The van der Waals surface area contributed by atoms with Crippen LogP contribution in [0.1, 0.15) is 26.7 Å². The first-order chi connectivity index (χ1) is 7.85. The number of likely N-dealkylation sites (tertiary alicyclic amines) is 1. The van der Waals surface area contributed by atoms with Crippen LogP contribution < -0.4 is 11.1 Å². The molecule has 96 valence electrons. The number of amides is 3. The van der Waals surface area contributed by atoms with Gasteiger partial charge in [0.25, 0.3) is 5.91 Å². The second-order valence-electron chi connectivity index (χ2n) is 4.64. The lowest BCUT2D eigenvalue weighted by molar-refractivity contribution is -0.139. The summed E-state index contributed by atoms with van der Waals surface area (Å²) in [5, 5.41) is 2.60. The van der Waals surface area contributed by atoms with E-state index in [0.717, 1.165) is 4.90 Å². The molecule has 0 radical (unpaired) electrons. The molecule has 0 aromatic carbocycles. The van der Waals surface area contributed by atoms with Crippen LogP contribution in [0.15, 0.2) is 0 Å². The van der Waals surface area contributed by atoms with E-state index in [4.69, 9.17) is 5.73 Å². The van der Waals surface area contributed by atoms with Crippen molar-refractivity contribution in [2.75, 3.05) is 13.6 Å². The quantitative estimate of drug-likeness (QED) is 0.632. The second kappa shape index (κ2) is 4.83. The molecule has 2 atom stereocenters. The summed E-state index contributed by atoms with van der Waals surface area (Å²) in [5.41, 5.74) is 4.87. The summed E-state index contributed by atoms with van der Waals surface area (Å²) >= 11 is 0. The van der Waals surface area contributed by atoms with E-state index in [1.165, 1.54) is 7.05 Å². The predicted molar refractivity (Wildman–Crippen MR) is 61.8 cm³/mol. The Bertz CT molecular complexity index is 350. The predicted octanol–water partition coefficient (Wildman–Crippen LogP) is -0.765. The van der Waals surface area contributed by atoms with Crippen molar-refractivity contribution in [1.29, 1.82) is 0 Å². The highest BCUT2D eigenvalue weighted by Gasteiger charge is 2.40. The third-order valence-corrected chi connectivity index (χ3v) is 3.47. The highest BCUT2D eigenvalue weighted by Crippen LogP contribution is 2.20. The molecule has 0 spiro atoms. The number of hydrogen-bond acceptors (Lipinski definition) is 4. The molecule has 0 saturated carbocycles. The minimum absolute atomic E-state index is 0.0332. The van der Waals surface area contributed by atoms with Crippen LogP contribution in [0.2, 0.25) is 0 Å². The fourth-order valence-corrected chi connectivity index (χ4v) is 1.60. The largest absolute Gasteiger partial charge is 0.343 e. The zero-order chi connectivity index (χ0) is 13.2. The lowest BCUT2D eigenvalue weighted by Crippen LogP contribution is -2.49. The molecule has 3 N–H and O–H groups in total. The van der Waals surface area contributed by atoms with Crippen LogP contribution in [0.5, 0.6) is 0 Å². The highest BCUT2D eigenvalue weighted by molar-refractivity contribution is 6.06. The third kappa shape index (κ3) is 2.46. The molecule has 1 aliphatic heterocycles. The Labute approximate surface area is 101 Å². The molecule has 1 saturated heterocycles. The number of nitrogens with zero attached hydrogens (tertiary/aromatic N) is 1. The Hall–Kier alpha value is -1.43. The van der Waals surface area contributed by atoms with Crippen LogP contribution in [0, 0.1) is 5.41 Å². The number of nitrogens with one attached hydrogen (secondary N) is 1. The molecule has 3 amide bonds. The van der Waals surface area contributed by atoms with Crippen molar-refractivity contribution < 1.29 is 14.4 Å². The smallest absolute Gasteiger partial charge is 0.252 e. The Morgan fingerprint density at radius 2 is 2.18 bits per heavy atom. The normalized spacial score (nSPS) is 23.8. The minimum atomic E-state index is -0.738. The Balaban J connectivity index is 2.71. The number of hydrogen-bond donors (Lipinski definition) is 2. The number of likely N-dealkylation sites (N-methyl/N-ethyl adjacent to an activating group) is 1. The van der Waals surface area contributed by atoms with Crippen LogP contribution in [0.25, 0.3) is 0 Å². The van der Waals surface area contributed by atoms with Crippen molar-refractivity contribution in [2.45, 2.75) is 32.7 Å². The first kappa shape index (κ1) is 13.6. The average Bonchev–Trinajstić information content (AvgIpc) is 2.56. The van der Waals surface area contributed by atoms with E-state index in [0.29, 0.717) is 6.42 Å². The molecule has 6 heteroatoms. The van der Waals surface area contributed by atoms with Crippen molar-refractivity contribution in [1.82, 2.24) is 10.2 Å². The van der Waals surface area contributed by atoms with E-state index in [1.807, 2.05) is 6.92 Å². The van der Waals surface area contributed by atoms with Crippen LogP contribution in [0.3, 0.4) is 0 Å². The van der Waals surface area contributed by atoms with E-state index < -0.39 is 11.5 Å². The van der Waals surface area contributed by atoms with Gasteiger partial charge >= 0.3 is 0 Å². The summed E-state index contributed by atoms with van der Waals surface area (Å²) in [6.45, 7) is 3.81. The molecular weight excluding hydrogens is 222 g/mol. The molecule has 17 heavy (non-hydrogen) atoms. The summed E-state index contributed by atoms with van der Waals surface area (Å²) < 4.78 is 0. The average molecular weight is 241 g/mol. The third-order valence-electron chi connectivity index (χ3n) is 3.47. The van der Waals surface area contributed by atoms with Gasteiger partial charge in [-0.25, -0.2) is 0 Å². The maximum atomic E-state index is 12.0. The number of rotatable bonds is 4. The van der Waals surface area contributed by atoms with Gasteiger partial charge in [-0.05, 0) is 13.3 Å². The maximum Gasteiger partial charge on any atom is 0.252 e. The number of carbonyl (C=O) groups is 3. The van der Waals surface area contributed by atoms with Gasteiger partial charge < -0.3 is 11.1 Å². The van der Waals surface area contributed by atoms with Crippen molar-refractivity contribution in [3.63, 3.8) is 0 Å². The summed E-state index contributed by atoms with van der Waals surface area (Å²) in [7, 11) is 1.42. The van der Waals surface area contributed by atoms with E-state index in [9.17, 15) is 14.4 Å². The van der Waals surface area contributed by atoms with Gasteiger partial charge in [0.15, 0.2) is 0 Å². The lowest BCUT2D eigenvalue weighted by atomic mass is 9.86. The summed E-state index contributed by atoms with van der Waals surface area (Å²) in [6, 6.07) is -0.738. The molecule has 1 fully saturated rings. The van der Waals surface area contributed by atoms with Crippen molar-refractivity contribution in [3.8, 4) is 0 Å². The maximum absolute atomic E-state index is 12.0. The topological polar surface area (TPSA) is 92.5 Å². The fourth-order valence-electron chi connectivity index (χ4n) is 1.60. The summed E-state index contributed by atoms with van der Waals surface area (Å²) in [6.07, 6.45) is 0.617.